The molecule has 0 saturated carbocycles. The minimum Gasteiger partial charge on any atom is -0.508 e. The van der Waals surface area contributed by atoms with E-state index in [9.17, 15) is 14.7 Å². The van der Waals surface area contributed by atoms with E-state index in [0.717, 1.165) is 68.6 Å². The second kappa shape index (κ2) is 16.8. The second-order valence-corrected chi connectivity index (χ2v) is 11.3. The Hall–Kier alpha value is -3.55. The van der Waals surface area contributed by atoms with Gasteiger partial charge in [-0.05, 0) is 62.1 Å². The van der Waals surface area contributed by atoms with Crippen molar-refractivity contribution >= 4 is 29.3 Å². The molecule has 0 atom stereocenters. The van der Waals surface area contributed by atoms with Gasteiger partial charge in [-0.15, -0.1) is 0 Å². The Morgan fingerprint density at radius 1 is 0.857 bits per heavy atom. The van der Waals surface area contributed by atoms with Gasteiger partial charge in [-0.1, -0.05) is 92.2 Å². The van der Waals surface area contributed by atoms with Crippen LogP contribution in [0.15, 0.2) is 72.8 Å². The van der Waals surface area contributed by atoms with Crippen molar-refractivity contribution in [1.82, 2.24) is 10.2 Å². The van der Waals surface area contributed by atoms with Gasteiger partial charge in [0.2, 0.25) is 0 Å². The second-order valence-electron chi connectivity index (χ2n) is 10.9. The number of benzene rings is 3. The van der Waals surface area contributed by atoms with E-state index in [-0.39, 0.29) is 28.9 Å². The van der Waals surface area contributed by atoms with Crippen LogP contribution in [0.2, 0.25) is 5.02 Å². The third-order valence-corrected chi connectivity index (χ3v) is 8.00. The molecule has 1 fully saturated rings. The van der Waals surface area contributed by atoms with E-state index in [1.54, 1.807) is 0 Å². The molecular formula is C34H42ClN3O4. The number of piperidine rings is 1. The van der Waals surface area contributed by atoms with Crippen molar-refractivity contribution in [2.45, 2.75) is 63.9 Å². The zero-order valence-corrected chi connectivity index (χ0v) is 25.0. The first kappa shape index (κ1) is 31.4. The van der Waals surface area contributed by atoms with E-state index in [1.807, 2.05) is 54.6 Å². The quantitative estimate of drug-likeness (QED) is 0.166. The van der Waals surface area contributed by atoms with E-state index in [4.69, 9.17) is 16.3 Å². The van der Waals surface area contributed by atoms with Gasteiger partial charge in [0.05, 0.1) is 16.3 Å². The van der Waals surface area contributed by atoms with Crippen molar-refractivity contribution < 1.29 is 19.4 Å². The maximum absolute atomic E-state index is 12.6. The number of likely N-dealkylation sites (tertiary alicyclic amines) is 1. The maximum atomic E-state index is 12.6. The fourth-order valence-corrected chi connectivity index (χ4v) is 5.59. The van der Waals surface area contributed by atoms with Crippen LogP contribution >= 0.6 is 11.6 Å². The lowest BCUT2D eigenvalue weighted by molar-refractivity contribution is 0.0584. The Kier molecular flexibility index (Phi) is 12.5. The smallest absolute Gasteiger partial charge is 0.411 e. The highest BCUT2D eigenvalue weighted by Crippen LogP contribution is 2.28. The molecule has 1 aliphatic rings. The lowest BCUT2D eigenvalue weighted by Gasteiger charge is -2.31. The molecule has 2 amide bonds. The summed E-state index contributed by atoms with van der Waals surface area (Å²) in [5, 5.41) is 15.5. The molecule has 0 radical (unpaired) electrons. The average Bonchev–Trinajstić information content (AvgIpc) is 2.99. The van der Waals surface area contributed by atoms with Gasteiger partial charge in [0.25, 0.3) is 5.91 Å². The topological polar surface area (TPSA) is 90.9 Å². The van der Waals surface area contributed by atoms with Gasteiger partial charge < -0.3 is 20.1 Å². The number of rotatable bonds is 14. The number of halogens is 1. The van der Waals surface area contributed by atoms with Gasteiger partial charge in [0, 0.05) is 25.2 Å². The number of ether oxygens (including phenoxy) is 1. The Labute approximate surface area is 254 Å². The SMILES string of the molecule is O=C(Nc1ccccc1-c1ccccc1)OC1CCN(CCCCCCCCCNC(=O)c2ccc(O)cc2Cl)CC1. The fourth-order valence-electron chi connectivity index (χ4n) is 5.33. The van der Waals surface area contributed by atoms with Crippen molar-refractivity contribution in [2.75, 3.05) is 31.5 Å². The Morgan fingerprint density at radius 3 is 2.26 bits per heavy atom. The number of anilines is 1. The van der Waals surface area contributed by atoms with Crippen LogP contribution in [0, 0.1) is 0 Å². The van der Waals surface area contributed by atoms with Gasteiger partial charge in [0.1, 0.15) is 11.9 Å². The average molecular weight is 592 g/mol. The normalized spacial score (nSPS) is 13.9. The van der Waals surface area contributed by atoms with Gasteiger partial charge in [-0.3, -0.25) is 10.1 Å². The van der Waals surface area contributed by atoms with Crippen LogP contribution in [-0.2, 0) is 4.74 Å². The highest BCUT2D eigenvalue weighted by Gasteiger charge is 2.22. The van der Waals surface area contributed by atoms with E-state index in [2.05, 4.69) is 15.5 Å². The zero-order valence-electron chi connectivity index (χ0n) is 24.2. The van der Waals surface area contributed by atoms with Crippen LogP contribution in [0.1, 0.15) is 68.1 Å². The number of phenols is 1. The Balaban J connectivity index is 1.01. The fraction of sp³-hybridized carbons (Fsp3) is 0.412. The Bertz CT molecular complexity index is 1280. The minimum atomic E-state index is -0.388. The van der Waals surface area contributed by atoms with Crippen LogP contribution in [0.25, 0.3) is 11.1 Å². The lowest BCUT2D eigenvalue weighted by atomic mass is 10.0. The third kappa shape index (κ3) is 10.1. The molecule has 42 heavy (non-hydrogen) atoms. The molecule has 3 aromatic rings. The molecule has 1 aliphatic heterocycles. The number of phenolic OH excluding ortho intramolecular Hbond substituents is 1. The molecule has 1 saturated heterocycles. The summed E-state index contributed by atoms with van der Waals surface area (Å²) in [5.74, 6) is -0.155. The molecule has 0 bridgehead atoms. The standard InChI is InChI=1S/C34H42ClN3O4/c35-31-25-27(39)17-18-30(31)33(40)36-21-11-4-2-1-3-5-12-22-38-23-19-28(20-24-38)42-34(41)37-32-16-10-9-15-29(32)26-13-7-6-8-14-26/h6-10,13-18,25,28,39H,1-5,11-12,19-24H2,(H,36,40)(H,37,41). The van der Waals surface area contributed by atoms with Gasteiger partial charge >= 0.3 is 6.09 Å². The zero-order chi connectivity index (χ0) is 29.6. The summed E-state index contributed by atoms with van der Waals surface area (Å²) in [4.78, 5) is 27.3. The number of nitrogens with one attached hydrogen (secondary N) is 2. The first-order chi connectivity index (χ1) is 20.5. The predicted octanol–water partition coefficient (Wildman–Crippen LogP) is 7.89. The van der Waals surface area contributed by atoms with E-state index in [1.165, 1.54) is 43.9 Å². The number of nitrogens with zero attached hydrogens (tertiary/aromatic N) is 1. The minimum absolute atomic E-state index is 0.0482. The molecule has 8 heteroatoms. The number of unbranched alkanes of at least 4 members (excludes halogenated alkanes) is 6. The van der Waals surface area contributed by atoms with Gasteiger partial charge in [-0.2, -0.15) is 0 Å². The predicted molar refractivity (Wildman–Crippen MR) is 169 cm³/mol. The number of para-hydroxylation sites is 1. The van der Waals surface area contributed by atoms with E-state index < -0.39 is 0 Å². The molecule has 3 aromatic carbocycles. The number of amides is 2. The lowest BCUT2D eigenvalue weighted by Crippen LogP contribution is -2.38. The van der Waals surface area contributed by atoms with Crippen LogP contribution in [-0.4, -0.2) is 54.3 Å². The summed E-state index contributed by atoms with van der Waals surface area (Å²) in [6, 6.07) is 22.2. The van der Waals surface area contributed by atoms with Crippen LogP contribution in [0.4, 0.5) is 10.5 Å². The summed E-state index contributed by atoms with van der Waals surface area (Å²) >= 11 is 6.02. The number of hydrogen-bond donors (Lipinski definition) is 3. The highest BCUT2D eigenvalue weighted by atomic mass is 35.5. The summed E-state index contributed by atoms with van der Waals surface area (Å²) in [6.45, 7) is 3.63. The number of carbonyl (C=O) groups is 2. The summed E-state index contributed by atoms with van der Waals surface area (Å²) in [7, 11) is 0. The molecule has 224 valence electrons. The number of carbonyl (C=O) groups excluding carboxylic acids is 2. The van der Waals surface area contributed by atoms with Crippen molar-refractivity contribution in [3.63, 3.8) is 0 Å². The van der Waals surface area contributed by atoms with Gasteiger partial charge in [0.15, 0.2) is 0 Å². The molecule has 1 heterocycles. The Morgan fingerprint density at radius 2 is 1.52 bits per heavy atom. The number of hydrogen-bond acceptors (Lipinski definition) is 5. The summed E-state index contributed by atoms with van der Waals surface area (Å²) < 4.78 is 5.76. The molecule has 4 rings (SSSR count). The van der Waals surface area contributed by atoms with Crippen LogP contribution in [0.5, 0.6) is 5.75 Å². The van der Waals surface area contributed by atoms with Crippen molar-refractivity contribution in [3.05, 3.63) is 83.4 Å². The monoisotopic (exact) mass is 591 g/mol. The van der Waals surface area contributed by atoms with Crippen LogP contribution in [0.3, 0.4) is 0 Å². The van der Waals surface area contributed by atoms with E-state index in [0.29, 0.717) is 12.1 Å². The maximum Gasteiger partial charge on any atom is 0.411 e. The number of aromatic hydroxyl groups is 1. The first-order valence-electron chi connectivity index (χ1n) is 15.1. The molecule has 0 aliphatic carbocycles. The molecule has 7 nitrogen and oxygen atoms in total. The summed E-state index contributed by atoms with van der Waals surface area (Å²) in [6.07, 6.45) is 9.31. The largest absolute Gasteiger partial charge is 0.508 e. The third-order valence-electron chi connectivity index (χ3n) is 7.69. The first-order valence-corrected chi connectivity index (χ1v) is 15.5. The molecule has 3 N–H and O–H groups in total. The molecule has 0 unspecified atom stereocenters. The molecule has 0 aromatic heterocycles. The van der Waals surface area contributed by atoms with E-state index >= 15 is 0 Å². The van der Waals surface area contributed by atoms with Crippen LogP contribution < -0.4 is 10.6 Å². The summed E-state index contributed by atoms with van der Waals surface area (Å²) in [5.41, 5.74) is 3.18. The molecule has 0 spiro atoms. The van der Waals surface area contributed by atoms with Crippen molar-refractivity contribution in [1.29, 1.82) is 0 Å². The molecular weight excluding hydrogens is 550 g/mol. The van der Waals surface area contributed by atoms with Crippen molar-refractivity contribution in [3.8, 4) is 16.9 Å². The van der Waals surface area contributed by atoms with Gasteiger partial charge in [-0.25, -0.2) is 4.79 Å². The highest BCUT2D eigenvalue weighted by molar-refractivity contribution is 6.34. The van der Waals surface area contributed by atoms with Crippen molar-refractivity contribution in [2.24, 2.45) is 0 Å².